The second-order valence-electron chi connectivity index (χ2n) is 5.28. The Bertz CT molecular complexity index is 769. The Morgan fingerprint density at radius 1 is 1.55 bits per heavy atom. The standard InChI is InChI=1S/C13H15N3O2S2/c1-13(2,3-5-17)15-10(18)9-7-8-11(20-9)14-12-16(8)4-6-19-12/h4,6-7,17H,3,5H2,1-2H3,(H,15,18). The van der Waals surface area contributed by atoms with Crippen molar-refractivity contribution in [1.29, 1.82) is 0 Å². The maximum absolute atomic E-state index is 12.3. The molecule has 3 aromatic rings. The SMILES string of the molecule is CC(C)(CCO)NC(=O)c1cc2c(nc3sccn32)s1. The fourth-order valence-electron chi connectivity index (χ4n) is 2.07. The highest BCUT2D eigenvalue weighted by atomic mass is 32.1. The summed E-state index contributed by atoms with van der Waals surface area (Å²) < 4.78 is 1.99. The third kappa shape index (κ3) is 2.32. The lowest BCUT2D eigenvalue weighted by molar-refractivity contribution is 0.0904. The summed E-state index contributed by atoms with van der Waals surface area (Å²) in [4.78, 5) is 19.2. The van der Waals surface area contributed by atoms with Crippen molar-refractivity contribution in [2.45, 2.75) is 25.8 Å². The number of carbonyl (C=O) groups is 1. The molecule has 0 unspecified atom stereocenters. The van der Waals surface area contributed by atoms with Crippen LogP contribution in [0.25, 0.3) is 15.3 Å². The number of thiophene rings is 1. The van der Waals surface area contributed by atoms with Crippen LogP contribution in [0.4, 0.5) is 0 Å². The van der Waals surface area contributed by atoms with Gasteiger partial charge in [0.1, 0.15) is 4.83 Å². The van der Waals surface area contributed by atoms with Crippen LogP contribution in [0.1, 0.15) is 29.9 Å². The van der Waals surface area contributed by atoms with Gasteiger partial charge in [-0.1, -0.05) is 0 Å². The Hall–Kier alpha value is -1.44. The lowest BCUT2D eigenvalue weighted by Crippen LogP contribution is -2.43. The zero-order chi connectivity index (χ0) is 14.3. The van der Waals surface area contributed by atoms with Crippen molar-refractivity contribution >= 4 is 43.9 Å². The number of nitrogens with zero attached hydrogens (tertiary/aromatic N) is 2. The molecule has 0 bridgehead atoms. The molecule has 0 radical (unpaired) electrons. The molecule has 0 saturated heterocycles. The van der Waals surface area contributed by atoms with Crippen molar-refractivity contribution < 1.29 is 9.90 Å². The number of aliphatic hydroxyl groups excluding tert-OH is 1. The summed E-state index contributed by atoms with van der Waals surface area (Å²) in [5.41, 5.74) is 0.550. The van der Waals surface area contributed by atoms with Crippen LogP contribution in [0, 0.1) is 0 Å². The van der Waals surface area contributed by atoms with E-state index < -0.39 is 5.54 Å². The number of aromatic nitrogens is 2. The lowest BCUT2D eigenvalue weighted by Gasteiger charge is -2.24. The van der Waals surface area contributed by atoms with Crippen LogP contribution in [0.2, 0.25) is 0 Å². The van der Waals surface area contributed by atoms with E-state index in [0.29, 0.717) is 11.3 Å². The summed E-state index contributed by atoms with van der Waals surface area (Å²) in [6.45, 7) is 3.86. The molecule has 106 valence electrons. The smallest absolute Gasteiger partial charge is 0.261 e. The molecule has 0 saturated carbocycles. The van der Waals surface area contributed by atoms with E-state index in [4.69, 9.17) is 5.11 Å². The second-order valence-corrected chi connectivity index (χ2v) is 7.18. The van der Waals surface area contributed by atoms with Crippen LogP contribution in [-0.2, 0) is 0 Å². The molecule has 3 rings (SSSR count). The predicted octanol–water partition coefficient (Wildman–Crippen LogP) is 2.50. The number of hydrogen-bond donors (Lipinski definition) is 2. The summed E-state index contributed by atoms with van der Waals surface area (Å²) in [6.07, 6.45) is 2.48. The molecule has 3 heterocycles. The van der Waals surface area contributed by atoms with E-state index in [1.165, 1.54) is 11.3 Å². The van der Waals surface area contributed by atoms with Crippen molar-refractivity contribution in [3.63, 3.8) is 0 Å². The van der Waals surface area contributed by atoms with E-state index >= 15 is 0 Å². The van der Waals surface area contributed by atoms with Gasteiger partial charge >= 0.3 is 0 Å². The van der Waals surface area contributed by atoms with E-state index in [1.54, 1.807) is 11.3 Å². The van der Waals surface area contributed by atoms with E-state index in [1.807, 2.05) is 35.9 Å². The molecule has 0 fully saturated rings. The summed E-state index contributed by atoms with van der Waals surface area (Å²) in [7, 11) is 0. The number of nitrogens with one attached hydrogen (secondary N) is 1. The highest BCUT2D eigenvalue weighted by Crippen LogP contribution is 2.28. The minimum Gasteiger partial charge on any atom is -0.396 e. The number of thiazole rings is 1. The van der Waals surface area contributed by atoms with E-state index in [-0.39, 0.29) is 12.5 Å². The van der Waals surface area contributed by atoms with Crippen molar-refractivity contribution in [3.8, 4) is 0 Å². The Kier molecular flexibility index (Phi) is 3.27. The van der Waals surface area contributed by atoms with Gasteiger partial charge in [-0.05, 0) is 26.3 Å². The fourth-order valence-corrected chi connectivity index (χ4v) is 3.77. The molecule has 2 N–H and O–H groups in total. The molecule has 0 aliphatic carbocycles. The third-order valence-corrected chi connectivity index (χ3v) is 4.93. The Balaban J connectivity index is 1.89. The number of rotatable bonds is 4. The topological polar surface area (TPSA) is 66.6 Å². The molecule has 20 heavy (non-hydrogen) atoms. The second kappa shape index (κ2) is 4.83. The van der Waals surface area contributed by atoms with Gasteiger partial charge in [0.2, 0.25) is 0 Å². The molecule has 1 amide bonds. The first-order valence-corrected chi connectivity index (χ1v) is 7.98. The molecule has 0 aromatic carbocycles. The Labute approximate surface area is 123 Å². The molecule has 0 aliphatic heterocycles. The summed E-state index contributed by atoms with van der Waals surface area (Å²) in [5, 5.41) is 13.9. The average molecular weight is 309 g/mol. The Morgan fingerprint density at radius 2 is 2.35 bits per heavy atom. The third-order valence-electron chi connectivity index (χ3n) is 3.15. The van der Waals surface area contributed by atoms with Gasteiger partial charge in [0.05, 0.1) is 10.4 Å². The normalized spacial score (nSPS) is 12.3. The van der Waals surface area contributed by atoms with Crippen LogP contribution in [0.3, 0.4) is 0 Å². The molecule has 0 atom stereocenters. The number of fused-ring (bicyclic) bond motifs is 3. The van der Waals surface area contributed by atoms with Gasteiger partial charge in [0, 0.05) is 23.7 Å². The molecular weight excluding hydrogens is 294 g/mol. The van der Waals surface area contributed by atoms with E-state index in [2.05, 4.69) is 10.3 Å². The van der Waals surface area contributed by atoms with Crippen molar-refractivity contribution in [2.24, 2.45) is 0 Å². The first-order valence-electron chi connectivity index (χ1n) is 6.29. The van der Waals surface area contributed by atoms with Crippen molar-refractivity contribution in [2.75, 3.05) is 6.61 Å². The summed E-state index contributed by atoms with van der Waals surface area (Å²) in [6, 6.07) is 1.87. The number of carbonyl (C=O) groups excluding carboxylic acids is 1. The lowest BCUT2D eigenvalue weighted by atomic mass is 10.0. The monoisotopic (exact) mass is 309 g/mol. The van der Waals surface area contributed by atoms with Gasteiger partial charge in [0.15, 0.2) is 4.96 Å². The molecule has 0 spiro atoms. The first kappa shape index (κ1) is 13.5. The maximum atomic E-state index is 12.3. The highest BCUT2D eigenvalue weighted by molar-refractivity contribution is 7.21. The van der Waals surface area contributed by atoms with Crippen molar-refractivity contribution in [3.05, 3.63) is 22.5 Å². The Morgan fingerprint density at radius 3 is 3.10 bits per heavy atom. The number of aliphatic hydroxyl groups is 1. The van der Waals surface area contributed by atoms with Gasteiger partial charge < -0.3 is 10.4 Å². The largest absolute Gasteiger partial charge is 0.396 e. The molecule has 7 heteroatoms. The first-order chi connectivity index (χ1) is 9.50. The molecule has 5 nitrogen and oxygen atoms in total. The summed E-state index contributed by atoms with van der Waals surface area (Å²) in [5.74, 6) is -0.115. The summed E-state index contributed by atoms with van der Waals surface area (Å²) >= 11 is 2.97. The zero-order valence-corrected chi connectivity index (χ0v) is 12.8. The quantitative estimate of drug-likeness (QED) is 0.778. The van der Waals surface area contributed by atoms with Crippen LogP contribution < -0.4 is 5.32 Å². The number of amides is 1. The number of hydrogen-bond acceptors (Lipinski definition) is 5. The van der Waals surface area contributed by atoms with Crippen LogP contribution in [0.15, 0.2) is 17.6 Å². The van der Waals surface area contributed by atoms with E-state index in [0.717, 1.165) is 15.3 Å². The molecule has 0 aliphatic rings. The molecular formula is C13H15N3O2S2. The minimum absolute atomic E-state index is 0.0532. The van der Waals surface area contributed by atoms with Gasteiger partial charge in [-0.15, -0.1) is 22.7 Å². The van der Waals surface area contributed by atoms with E-state index in [9.17, 15) is 4.79 Å². The van der Waals surface area contributed by atoms with Gasteiger partial charge in [0.25, 0.3) is 5.91 Å². The van der Waals surface area contributed by atoms with Crippen LogP contribution in [-0.4, -0.2) is 32.5 Å². The minimum atomic E-state index is -0.419. The predicted molar refractivity (Wildman–Crippen MR) is 81.7 cm³/mol. The van der Waals surface area contributed by atoms with Gasteiger partial charge in [-0.3, -0.25) is 9.20 Å². The highest BCUT2D eigenvalue weighted by Gasteiger charge is 2.22. The van der Waals surface area contributed by atoms with Crippen molar-refractivity contribution in [1.82, 2.24) is 14.7 Å². The fraction of sp³-hybridized carbons (Fsp3) is 0.385. The van der Waals surface area contributed by atoms with Gasteiger partial charge in [-0.2, -0.15) is 0 Å². The van der Waals surface area contributed by atoms with Gasteiger partial charge in [-0.25, -0.2) is 4.98 Å². The molecule has 3 aromatic heterocycles. The average Bonchev–Trinajstić information content (AvgIpc) is 2.97. The number of imidazole rings is 1. The zero-order valence-electron chi connectivity index (χ0n) is 11.2. The maximum Gasteiger partial charge on any atom is 0.261 e. The van der Waals surface area contributed by atoms with Crippen LogP contribution >= 0.6 is 22.7 Å². The van der Waals surface area contributed by atoms with Crippen LogP contribution in [0.5, 0.6) is 0 Å².